The second-order valence-corrected chi connectivity index (χ2v) is 6.18. The Morgan fingerprint density at radius 1 is 1.21 bits per heavy atom. The number of carbonyl (C=O) groups excluding carboxylic acids is 1. The maximum atomic E-state index is 12.3. The van der Waals surface area contributed by atoms with Gasteiger partial charge in [-0.3, -0.25) is 0 Å². The van der Waals surface area contributed by atoms with Gasteiger partial charge in [0.2, 0.25) is 5.90 Å². The summed E-state index contributed by atoms with van der Waals surface area (Å²) in [6.45, 7) is 2.74. The van der Waals surface area contributed by atoms with Gasteiger partial charge in [-0.25, -0.2) is 9.79 Å². The van der Waals surface area contributed by atoms with Crippen LogP contribution in [0.5, 0.6) is 17.2 Å². The number of carbonyl (C=O) groups is 1. The molecule has 0 saturated heterocycles. The van der Waals surface area contributed by atoms with Gasteiger partial charge in [0, 0.05) is 11.6 Å². The number of nitrogens with zero attached hydrogens (tertiary/aromatic N) is 1. The van der Waals surface area contributed by atoms with Gasteiger partial charge in [0.05, 0.1) is 19.3 Å². The Morgan fingerprint density at radius 3 is 2.89 bits per heavy atom. The van der Waals surface area contributed by atoms with Gasteiger partial charge in [0.25, 0.3) is 0 Å². The van der Waals surface area contributed by atoms with Crippen LogP contribution in [0.1, 0.15) is 18.1 Å². The highest BCUT2D eigenvalue weighted by molar-refractivity contribution is 6.12. The summed E-state index contributed by atoms with van der Waals surface area (Å²) in [6, 6.07) is 12.9. The topological polar surface area (TPSA) is 66.3 Å². The number of hydrogen-bond donors (Lipinski definition) is 0. The molecule has 0 bridgehead atoms. The van der Waals surface area contributed by atoms with Crippen LogP contribution < -0.4 is 14.2 Å². The minimum absolute atomic E-state index is 0.230. The molecule has 0 spiro atoms. The first-order valence-corrected chi connectivity index (χ1v) is 8.94. The van der Waals surface area contributed by atoms with Crippen LogP contribution in [-0.4, -0.2) is 32.2 Å². The van der Waals surface area contributed by atoms with Gasteiger partial charge >= 0.3 is 5.97 Å². The highest BCUT2D eigenvalue weighted by atomic mass is 16.6. The summed E-state index contributed by atoms with van der Waals surface area (Å²) in [5.41, 5.74) is 2.62. The smallest absolute Gasteiger partial charge is 0.363 e. The zero-order valence-corrected chi connectivity index (χ0v) is 15.6. The van der Waals surface area contributed by atoms with Crippen molar-refractivity contribution in [2.75, 3.05) is 20.3 Å². The Kier molecular flexibility index (Phi) is 4.85. The van der Waals surface area contributed by atoms with Crippen LogP contribution in [0.2, 0.25) is 0 Å². The molecule has 0 amide bonds. The lowest BCUT2D eigenvalue weighted by Gasteiger charge is -2.16. The summed E-state index contributed by atoms with van der Waals surface area (Å²) >= 11 is 0. The summed E-state index contributed by atoms with van der Waals surface area (Å²) in [7, 11) is 1.61. The van der Waals surface area contributed by atoms with E-state index in [0.29, 0.717) is 24.5 Å². The molecule has 0 atom stereocenters. The van der Waals surface area contributed by atoms with Crippen molar-refractivity contribution in [3.63, 3.8) is 0 Å². The number of hydrogen-bond acceptors (Lipinski definition) is 6. The van der Waals surface area contributed by atoms with Crippen molar-refractivity contribution >= 4 is 17.9 Å². The molecule has 0 aliphatic carbocycles. The molecule has 2 aliphatic rings. The molecule has 2 aromatic rings. The van der Waals surface area contributed by atoms with Crippen molar-refractivity contribution < 1.29 is 23.7 Å². The van der Waals surface area contributed by atoms with Crippen LogP contribution >= 0.6 is 0 Å². The van der Waals surface area contributed by atoms with Crippen molar-refractivity contribution in [2.45, 2.75) is 6.92 Å². The number of cyclic esters (lactones) is 1. The lowest BCUT2D eigenvalue weighted by Crippen LogP contribution is -2.09. The molecule has 2 aromatic carbocycles. The maximum Gasteiger partial charge on any atom is 0.363 e. The van der Waals surface area contributed by atoms with Crippen molar-refractivity contribution in [3.05, 3.63) is 70.9 Å². The monoisotopic (exact) mass is 377 g/mol. The third kappa shape index (κ3) is 3.49. The predicted octanol–water partition coefficient (Wildman–Crippen LogP) is 3.76. The molecule has 0 saturated carbocycles. The largest absolute Gasteiger partial charge is 0.497 e. The number of aliphatic imine (C=N–C) groups is 1. The SMILES string of the molecule is CCOc1ccccc1C1=N/C(=C\C2=Cc3ccc(OC)cc3OC2)C(=O)O1. The second kappa shape index (κ2) is 7.60. The number of methoxy groups -OCH3 is 1. The van der Waals surface area contributed by atoms with Crippen molar-refractivity contribution in [1.82, 2.24) is 0 Å². The highest BCUT2D eigenvalue weighted by Crippen LogP contribution is 2.31. The van der Waals surface area contributed by atoms with E-state index < -0.39 is 5.97 Å². The fourth-order valence-electron chi connectivity index (χ4n) is 3.00. The first-order chi connectivity index (χ1) is 13.7. The van der Waals surface area contributed by atoms with E-state index in [-0.39, 0.29) is 11.6 Å². The molecule has 2 aliphatic heterocycles. The molecule has 142 valence electrons. The maximum absolute atomic E-state index is 12.3. The number of fused-ring (bicyclic) bond motifs is 1. The molecule has 0 unspecified atom stereocenters. The molecular formula is C22H19NO5. The number of para-hydroxylation sites is 1. The standard InChI is InChI=1S/C22H19NO5/c1-3-26-19-7-5-4-6-17(19)21-23-18(22(24)28-21)11-14-10-15-8-9-16(25-2)12-20(15)27-13-14/h4-12H,3,13H2,1-2H3/b18-11-. The highest BCUT2D eigenvalue weighted by Gasteiger charge is 2.27. The van der Waals surface area contributed by atoms with Crippen LogP contribution in [0.4, 0.5) is 0 Å². The molecule has 0 fully saturated rings. The zero-order chi connectivity index (χ0) is 19.5. The first kappa shape index (κ1) is 17.9. The van der Waals surface area contributed by atoms with Gasteiger partial charge in [-0.15, -0.1) is 0 Å². The van der Waals surface area contributed by atoms with Crippen LogP contribution in [0.25, 0.3) is 6.08 Å². The predicted molar refractivity (Wildman–Crippen MR) is 105 cm³/mol. The molecule has 6 heteroatoms. The van der Waals surface area contributed by atoms with Gasteiger partial charge in [0.15, 0.2) is 5.70 Å². The Bertz CT molecular complexity index is 1020. The van der Waals surface area contributed by atoms with Gasteiger partial charge in [-0.2, -0.15) is 0 Å². The molecule has 4 rings (SSSR count). The summed E-state index contributed by atoms with van der Waals surface area (Å²) < 4.78 is 21.9. The van der Waals surface area contributed by atoms with Gasteiger partial charge in [-0.05, 0) is 48.9 Å². The Morgan fingerprint density at radius 2 is 2.07 bits per heavy atom. The number of benzene rings is 2. The third-order valence-electron chi connectivity index (χ3n) is 4.32. The van der Waals surface area contributed by atoms with Gasteiger partial charge in [0.1, 0.15) is 23.9 Å². The van der Waals surface area contributed by atoms with Crippen LogP contribution in [0.15, 0.2) is 64.8 Å². The molecule has 6 nitrogen and oxygen atoms in total. The molecule has 0 aromatic heterocycles. The summed E-state index contributed by atoms with van der Waals surface area (Å²) in [5, 5.41) is 0. The minimum atomic E-state index is -0.497. The van der Waals surface area contributed by atoms with Crippen LogP contribution in [-0.2, 0) is 9.53 Å². The average Bonchev–Trinajstić information content (AvgIpc) is 3.08. The Balaban J connectivity index is 1.63. The molecule has 0 N–H and O–H groups in total. The fraction of sp³-hybridized carbons (Fsp3) is 0.182. The van der Waals surface area contributed by atoms with E-state index in [1.54, 1.807) is 13.2 Å². The lowest BCUT2D eigenvalue weighted by molar-refractivity contribution is -0.130. The second-order valence-electron chi connectivity index (χ2n) is 6.18. The van der Waals surface area contributed by atoms with Crippen molar-refractivity contribution in [3.8, 4) is 17.2 Å². The van der Waals surface area contributed by atoms with Crippen molar-refractivity contribution in [2.24, 2.45) is 4.99 Å². The van der Waals surface area contributed by atoms with Gasteiger partial charge < -0.3 is 18.9 Å². The third-order valence-corrected chi connectivity index (χ3v) is 4.32. The Hall–Kier alpha value is -3.54. The number of rotatable bonds is 5. The molecule has 28 heavy (non-hydrogen) atoms. The van der Waals surface area contributed by atoms with E-state index >= 15 is 0 Å². The van der Waals surface area contributed by atoms with E-state index in [1.807, 2.05) is 55.5 Å². The minimum Gasteiger partial charge on any atom is -0.497 e. The van der Waals surface area contributed by atoms with E-state index in [0.717, 1.165) is 22.6 Å². The normalized spacial score (nSPS) is 16.6. The fourth-order valence-corrected chi connectivity index (χ4v) is 3.00. The molecule has 0 radical (unpaired) electrons. The zero-order valence-electron chi connectivity index (χ0n) is 15.6. The molecular weight excluding hydrogens is 358 g/mol. The van der Waals surface area contributed by atoms with E-state index in [4.69, 9.17) is 18.9 Å². The van der Waals surface area contributed by atoms with Gasteiger partial charge in [-0.1, -0.05) is 12.1 Å². The van der Waals surface area contributed by atoms with Crippen molar-refractivity contribution in [1.29, 1.82) is 0 Å². The van der Waals surface area contributed by atoms with Crippen LogP contribution in [0, 0.1) is 0 Å². The quantitative estimate of drug-likeness (QED) is 0.586. The first-order valence-electron chi connectivity index (χ1n) is 8.94. The summed E-state index contributed by atoms with van der Waals surface area (Å²) in [6.07, 6.45) is 3.64. The van der Waals surface area contributed by atoms with E-state index in [9.17, 15) is 4.79 Å². The van der Waals surface area contributed by atoms with E-state index in [2.05, 4.69) is 4.99 Å². The summed E-state index contributed by atoms with van der Waals surface area (Å²) in [4.78, 5) is 16.7. The number of ether oxygens (including phenoxy) is 4. The summed E-state index contributed by atoms with van der Waals surface area (Å²) in [5.74, 6) is 1.84. The lowest BCUT2D eigenvalue weighted by atomic mass is 10.1. The van der Waals surface area contributed by atoms with E-state index in [1.165, 1.54) is 0 Å². The average molecular weight is 377 g/mol. The Labute approximate surface area is 162 Å². The number of esters is 1. The molecule has 2 heterocycles. The van der Waals surface area contributed by atoms with Crippen LogP contribution in [0.3, 0.4) is 0 Å².